The zero-order valence-corrected chi connectivity index (χ0v) is 14.3. The first kappa shape index (κ1) is 20.2. The highest BCUT2D eigenvalue weighted by atomic mass is 14.2. The number of allylic oxidation sites excluding steroid dienone is 4. The molecule has 120 valence electrons. The molecule has 0 atom stereocenters. The summed E-state index contributed by atoms with van der Waals surface area (Å²) in [6, 6.07) is 13.2. The van der Waals surface area contributed by atoms with Gasteiger partial charge in [0, 0.05) is 0 Å². The van der Waals surface area contributed by atoms with Crippen molar-refractivity contribution < 1.29 is 0 Å². The SMILES string of the molecule is C.C/C=C1/Cc2ccc3ccccc3c2/C1=C/C.CC.CC. The van der Waals surface area contributed by atoms with E-state index in [4.69, 9.17) is 0 Å². The van der Waals surface area contributed by atoms with E-state index in [0.29, 0.717) is 0 Å². The zero-order chi connectivity index (χ0) is 15.8. The predicted octanol–water partition coefficient (Wildman–Crippen LogP) is 7.43. The van der Waals surface area contributed by atoms with Crippen molar-refractivity contribution in [3.63, 3.8) is 0 Å². The molecular formula is C22H32. The summed E-state index contributed by atoms with van der Waals surface area (Å²) in [5.74, 6) is 0. The molecule has 0 bridgehead atoms. The fourth-order valence-electron chi connectivity index (χ4n) is 2.83. The number of hydrogen-bond donors (Lipinski definition) is 0. The maximum atomic E-state index is 2.28. The third-order valence-electron chi connectivity index (χ3n) is 3.65. The largest absolute Gasteiger partial charge is 0.0835 e. The van der Waals surface area contributed by atoms with Gasteiger partial charge in [-0.05, 0) is 53.3 Å². The molecule has 0 fully saturated rings. The van der Waals surface area contributed by atoms with Gasteiger partial charge in [0.25, 0.3) is 0 Å². The quantitative estimate of drug-likeness (QED) is 0.474. The summed E-state index contributed by atoms with van der Waals surface area (Å²) in [5, 5.41) is 2.72. The van der Waals surface area contributed by atoms with Crippen LogP contribution < -0.4 is 0 Å². The van der Waals surface area contributed by atoms with Gasteiger partial charge in [0.1, 0.15) is 0 Å². The molecular weight excluding hydrogens is 264 g/mol. The van der Waals surface area contributed by atoms with Gasteiger partial charge >= 0.3 is 0 Å². The van der Waals surface area contributed by atoms with Gasteiger partial charge in [-0.2, -0.15) is 0 Å². The Morgan fingerprint density at radius 1 is 0.818 bits per heavy atom. The van der Waals surface area contributed by atoms with Gasteiger partial charge in [-0.3, -0.25) is 0 Å². The van der Waals surface area contributed by atoms with Crippen LogP contribution >= 0.6 is 0 Å². The molecule has 0 saturated heterocycles. The molecule has 0 amide bonds. The van der Waals surface area contributed by atoms with Crippen molar-refractivity contribution in [3.8, 4) is 0 Å². The molecule has 2 aromatic carbocycles. The van der Waals surface area contributed by atoms with Crippen LogP contribution in [0.4, 0.5) is 0 Å². The van der Waals surface area contributed by atoms with Crippen LogP contribution in [0.2, 0.25) is 0 Å². The minimum absolute atomic E-state index is 0. The van der Waals surface area contributed by atoms with Gasteiger partial charge in [0.2, 0.25) is 0 Å². The van der Waals surface area contributed by atoms with Crippen molar-refractivity contribution in [1.82, 2.24) is 0 Å². The summed E-state index contributed by atoms with van der Waals surface area (Å²) in [6.07, 6.45) is 5.56. The second-order valence-corrected chi connectivity index (χ2v) is 4.51. The minimum atomic E-state index is 0. The molecule has 0 N–H and O–H groups in total. The monoisotopic (exact) mass is 296 g/mol. The lowest BCUT2D eigenvalue weighted by Crippen LogP contribution is -1.84. The lowest BCUT2D eigenvalue weighted by atomic mass is 9.98. The van der Waals surface area contributed by atoms with Crippen molar-refractivity contribution in [3.05, 3.63) is 65.3 Å². The highest BCUT2D eigenvalue weighted by Gasteiger charge is 2.21. The molecule has 0 heterocycles. The summed E-state index contributed by atoms with van der Waals surface area (Å²) in [4.78, 5) is 0. The van der Waals surface area contributed by atoms with E-state index in [1.807, 2.05) is 27.7 Å². The summed E-state index contributed by atoms with van der Waals surface area (Å²) >= 11 is 0. The van der Waals surface area contributed by atoms with E-state index >= 15 is 0 Å². The first-order valence-corrected chi connectivity index (χ1v) is 8.18. The van der Waals surface area contributed by atoms with Gasteiger partial charge < -0.3 is 0 Å². The number of rotatable bonds is 0. The third kappa shape index (κ3) is 3.68. The van der Waals surface area contributed by atoms with Gasteiger partial charge in [-0.25, -0.2) is 0 Å². The lowest BCUT2D eigenvalue weighted by Gasteiger charge is -2.06. The van der Waals surface area contributed by atoms with Crippen LogP contribution in [0.1, 0.15) is 60.1 Å². The maximum absolute atomic E-state index is 2.28. The number of hydrogen-bond acceptors (Lipinski definition) is 0. The lowest BCUT2D eigenvalue weighted by molar-refractivity contribution is 1.26. The molecule has 0 aromatic heterocycles. The fraction of sp³-hybridized carbons (Fsp3) is 0.364. The van der Waals surface area contributed by atoms with Gasteiger partial charge in [0.15, 0.2) is 0 Å². The molecule has 0 unspecified atom stereocenters. The van der Waals surface area contributed by atoms with Gasteiger partial charge in [0.05, 0.1) is 0 Å². The highest BCUT2D eigenvalue weighted by Crippen LogP contribution is 2.40. The normalized spacial score (nSPS) is 15.4. The van der Waals surface area contributed by atoms with Crippen LogP contribution in [-0.4, -0.2) is 0 Å². The fourth-order valence-corrected chi connectivity index (χ4v) is 2.83. The zero-order valence-electron chi connectivity index (χ0n) is 14.3. The van der Waals surface area contributed by atoms with Crippen LogP contribution in [0.5, 0.6) is 0 Å². The molecule has 0 spiro atoms. The van der Waals surface area contributed by atoms with Crippen LogP contribution in [0.15, 0.2) is 54.1 Å². The van der Waals surface area contributed by atoms with Crippen molar-refractivity contribution in [1.29, 1.82) is 0 Å². The van der Waals surface area contributed by atoms with Crippen LogP contribution in [0.3, 0.4) is 0 Å². The minimum Gasteiger partial charge on any atom is -0.0835 e. The Hall–Kier alpha value is -1.82. The summed E-state index contributed by atoms with van der Waals surface area (Å²) < 4.78 is 0. The van der Waals surface area contributed by atoms with E-state index < -0.39 is 0 Å². The molecule has 0 aliphatic heterocycles. The molecule has 22 heavy (non-hydrogen) atoms. The molecule has 0 heteroatoms. The van der Waals surface area contributed by atoms with Crippen molar-refractivity contribution in [2.24, 2.45) is 0 Å². The Balaban J connectivity index is 0.000000819. The molecule has 0 radical (unpaired) electrons. The second-order valence-electron chi connectivity index (χ2n) is 4.51. The van der Waals surface area contributed by atoms with E-state index in [-0.39, 0.29) is 7.43 Å². The summed E-state index contributed by atoms with van der Waals surface area (Å²) in [7, 11) is 0. The van der Waals surface area contributed by atoms with Crippen molar-refractivity contribution in [2.45, 2.75) is 55.4 Å². The highest BCUT2D eigenvalue weighted by molar-refractivity contribution is 6.01. The van der Waals surface area contributed by atoms with Gasteiger partial charge in [-0.1, -0.05) is 83.7 Å². The molecule has 0 saturated carbocycles. The van der Waals surface area contributed by atoms with E-state index in [9.17, 15) is 0 Å². The number of benzene rings is 2. The Kier molecular flexibility index (Phi) is 9.17. The van der Waals surface area contributed by atoms with Crippen molar-refractivity contribution in [2.75, 3.05) is 0 Å². The van der Waals surface area contributed by atoms with Crippen LogP contribution in [0.25, 0.3) is 16.3 Å². The van der Waals surface area contributed by atoms with E-state index in [1.165, 1.54) is 33.0 Å². The first-order valence-electron chi connectivity index (χ1n) is 8.18. The van der Waals surface area contributed by atoms with E-state index in [0.717, 1.165) is 6.42 Å². The predicted molar refractivity (Wildman–Crippen MR) is 104 cm³/mol. The van der Waals surface area contributed by atoms with E-state index in [2.05, 4.69) is 62.4 Å². The Labute approximate surface area is 137 Å². The molecule has 1 aliphatic carbocycles. The third-order valence-corrected chi connectivity index (χ3v) is 3.65. The Bertz CT molecular complexity index is 642. The average Bonchev–Trinajstić information content (AvgIpc) is 2.96. The molecule has 0 nitrogen and oxygen atoms in total. The smallest absolute Gasteiger partial charge is 0.00166 e. The molecule has 2 aromatic rings. The molecule has 1 aliphatic rings. The topological polar surface area (TPSA) is 0 Å². The van der Waals surface area contributed by atoms with Gasteiger partial charge in [-0.15, -0.1) is 0 Å². The average molecular weight is 296 g/mol. The Morgan fingerprint density at radius 2 is 1.45 bits per heavy atom. The summed E-state index contributed by atoms with van der Waals surface area (Å²) in [6.45, 7) is 12.3. The Morgan fingerprint density at radius 3 is 2.05 bits per heavy atom. The van der Waals surface area contributed by atoms with Crippen LogP contribution in [0, 0.1) is 0 Å². The maximum Gasteiger partial charge on any atom is -0.00166 e. The number of fused-ring (bicyclic) bond motifs is 3. The van der Waals surface area contributed by atoms with Crippen molar-refractivity contribution >= 4 is 16.3 Å². The standard InChI is InChI=1S/C17H16.2C2H6.CH4/c1-3-12-11-14-10-9-13-7-5-6-8-16(13)17(14)15(12)4-2;2*1-2;/h3-10H,11H2,1-2H3;2*1-2H3;1H4/b12-3-,15-4+;;;. The summed E-state index contributed by atoms with van der Waals surface area (Å²) in [5.41, 5.74) is 5.78. The second kappa shape index (κ2) is 10.00. The molecule has 3 rings (SSSR count). The van der Waals surface area contributed by atoms with Crippen LogP contribution in [-0.2, 0) is 6.42 Å². The first-order chi connectivity index (χ1) is 10.3. The van der Waals surface area contributed by atoms with E-state index in [1.54, 1.807) is 0 Å².